The molecule has 0 amide bonds. The summed E-state index contributed by atoms with van der Waals surface area (Å²) in [6.07, 6.45) is 1.13. The van der Waals surface area contributed by atoms with Gasteiger partial charge in [-0.15, -0.1) is 0 Å². The first-order chi connectivity index (χ1) is 9.58. The highest BCUT2D eigenvalue weighted by Gasteiger charge is 2.36. The summed E-state index contributed by atoms with van der Waals surface area (Å²) in [5, 5.41) is 4.08. The molecule has 1 aliphatic heterocycles. The highest BCUT2D eigenvalue weighted by Crippen LogP contribution is 2.25. The average Bonchev–Trinajstić information content (AvgIpc) is 2.77. The van der Waals surface area contributed by atoms with Crippen LogP contribution in [0.5, 0.6) is 0 Å². The van der Waals surface area contributed by atoms with Crippen LogP contribution in [0.15, 0.2) is 29.1 Å². The van der Waals surface area contributed by atoms with Gasteiger partial charge in [0.05, 0.1) is 23.6 Å². The van der Waals surface area contributed by atoms with Crippen molar-refractivity contribution < 1.29 is 4.74 Å². The standard InChI is InChI=1S/C15H19N3O2/c1-10-15(2,7-8-20-10)16-9-13-17-12-6-4-3-5-11(12)14(19)18-13/h3-6,10,16H,7-9H2,1-2H3,(H,17,18,19). The molecule has 5 heteroatoms. The molecular formula is C15H19N3O2. The van der Waals surface area contributed by atoms with Crippen LogP contribution in [0.2, 0.25) is 0 Å². The van der Waals surface area contributed by atoms with E-state index in [2.05, 4.69) is 29.1 Å². The molecule has 0 bridgehead atoms. The van der Waals surface area contributed by atoms with Gasteiger partial charge in [-0.1, -0.05) is 12.1 Å². The third-order valence-corrected chi connectivity index (χ3v) is 4.21. The molecule has 20 heavy (non-hydrogen) atoms. The van der Waals surface area contributed by atoms with Crippen molar-refractivity contribution in [3.05, 3.63) is 40.4 Å². The van der Waals surface area contributed by atoms with Gasteiger partial charge in [0.15, 0.2) is 0 Å². The Hall–Kier alpha value is -1.72. The van der Waals surface area contributed by atoms with Crippen LogP contribution in [-0.4, -0.2) is 28.2 Å². The molecule has 0 radical (unpaired) electrons. The quantitative estimate of drug-likeness (QED) is 0.891. The van der Waals surface area contributed by atoms with E-state index in [1.807, 2.05) is 18.2 Å². The van der Waals surface area contributed by atoms with Crippen LogP contribution >= 0.6 is 0 Å². The van der Waals surface area contributed by atoms with E-state index in [1.165, 1.54) is 0 Å². The van der Waals surface area contributed by atoms with Crippen molar-refractivity contribution in [2.75, 3.05) is 6.61 Å². The highest BCUT2D eigenvalue weighted by molar-refractivity contribution is 5.77. The van der Waals surface area contributed by atoms with Crippen molar-refractivity contribution in [3.63, 3.8) is 0 Å². The monoisotopic (exact) mass is 273 g/mol. The van der Waals surface area contributed by atoms with Crippen molar-refractivity contribution in [1.29, 1.82) is 0 Å². The predicted molar refractivity (Wildman–Crippen MR) is 77.6 cm³/mol. The number of nitrogens with zero attached hydrogens (tertiary/aromatic N) is 1. The van der Waals surface area contributed by atoms with Crippen LogP contribution in [-0.2, 0) is 11.3 Å². The molecule has 0 aliphatic carbocycles. The summed E-state index contributed by atoms with van der Waals surface area (Å²) in [4.78, 5) is 19.3. The zero-order valence-electron chi connectivity index (χ0n) is 11.8. The Balaban J connectivity index is 1.83. The van der Waals surface area contributed by atoms with E-state index in [-0.39, 0.29) is 17.2 Å². The normalized spacial score (nSPS) is 26.2. The maximum atomic E-state index is 12.0. The Labute approximate surface area is 117 Å². The molecule has 2 unspecified atom stereocenters. The van der Waals surface area contributed by atoms with E-state index < -0.39 is 0 Å². The van der Waals surface area contributed by atoms with E-state index in [0.29, 0.717) is 17.8 Å². The number of H-pyrrole nitrogens is 1. The minimum absolute atomic E-state index is 0.0653. The van der Waals surface area contributed by atoms with Gasteiger partial charge in [-0.25, -0.2) is 4.98 Å². The van der Waals surface area contributed by atoms with E-state index in [4.69, 9.17) is 4.74 Å². The lowest BCUT2D eigenvalue weighted by atomic mass is 9.95. The van der Waals surface area contributed by atoms with Gasteiger partial charge in [0.25, 0.3) is 5.56 Å². The molecular weight excluding hydrogens is 254 g/mol. The zero-order chi connectivity index (χ0) is 14.2. The van der Waals surface area contributed by atoms with Crippen molar-refractivity contribution in [2.24, 2.45) is 0 Å². The average molecular weight is 273 g/mol. The fraction of sp³-hybridized carbons (Fsp3) is 0.467. The van der Waals surface area contributed by atoms with Gasteiger partial charge in [0.2, 0.25) is 0 Å². The zero-order valence-corrected chi connectivity index (χ0v) is 11.8. The minimum atomic E-state index is -0.0896. The Morgan fingerprint density at radius 1 is 1.50 bits per heavy atom. The summed E-state index contributed by atoms with van der Waals surface area (Å²) in [5.41, 5.74) is 0.576. The van der Waals surface area contributed by atoms with Crippen LogP contribution in [0, 0.1) is 0 Å². The Bertz CT molecular complexity index is 682. The second-order valence-corrected chi connectivity index (χ2v) is 5.56. The fourth-order valence-electron chi connectivity index (χ4n) is 2.57. The molecule has 106 valence electrons. The molecule has 2 atom stereocenters. The number of benzene rings is 1. The first kappa shape index (κ1) is 13.3. The van der Waals surface area contributed by atoms with E-state index in [0.717, 1.165) is 18.5 Å². The molecule has 0 spiro atoms. The fourth-order valence-corrected chi connectivity index (χ4v) is 2.57. The number of ether oxygens (including phenoxy) is 1. The second kappa shape index (κ2) is 5.00. The smallest absolute Gasteiger partial charge is 0.258 e. The van der Waals surface area contributed by atoms with Gasteiger partial charge in [0, 0.05) is 12.1 Å². The van der Waals surface area contributed by atoms with Crippen LogP contribution in [0.3, 0.4) is 0 Å². The number of para-hydroxylation sites is 1. The molecule has 1 aromatic carbocycles. The molecule has 0 saturated carbocycles. The van der Waals surface area contributed by atoms with Crippen molar-refractivity contribution in [1.82, 2.24) is 15.3 Å². The molecule has 1 saturated heterocycles. The summed E-state index contributed by atoms with van der Waals surface area (Å²) in [6, 6.07) is 7.37. The third kappa shape index (κ3) is 2.34. The minimum Gasteiger partial charge on any atom is -0.377 e. The van der Waals surface area contributed by atoms with Gasteiger partial charge in [0.1, 0.15) is 5.82 Å². The predicted octanol–water partition coefficient (Wildman–Crippen LogP) is 1.58. The molecule has 1 aromatic heterocycles. The van der Waals surface area contributed by atoms with Crippen LogP contribution in [0.4, 0.5) is 0 Å². The van der Waals surface area contributed by atoms with Gasteiger partial charge in [-0.2, -0.15) is 0 Å². The largest absolute Gasteiger partial charge is 0.377 e. The second-order valence-electron chi connectivity index (χ2n) is 5.56. The van der Waals surface area contributed by atoms with Crippen LogP contribution < -0.4 is 10.9 Å². The summed E-state index contributed by atoms with van der Waals surface area (Å²) >= 11 is 0. The van der Waals surface area contributed by atoms with Crippen molar-refractivity contribution in [2.45, 2.75) is 38.5 Å². The van der Waals surface area contributed by atoms with Crippen molar-refractivity contribution in [3.8, 4) is 0 Å². The number of nitrogens with one attached hydrogen (secondary N) is 2. The summed E-state index contributed by atoms with van der Waals surface area (Å²) in [5.74, 6) is 0.661. The summed E-state index contributed by atoms with van der Waals surface area (Å²) in [6.45, 7) is 5.51. The molecule has 2 aromatic rings. The number of rotatable bonds is 3. The topological polar surface area (TPSA) is 67.0 Å². The van der Waals surface area contributed by atoms with Gasteiger partial charge in [-0.3, -0.25) is 4.79 Å². The number of aromatic nitrogens is 2. The van der Waals surface area contributed by atoms with E-state index in [9.17, 15) is 4.79 Å². The summed E-state index contributed by atoms with van der Waals surface area (Å²) < 4.78 is 5.60. The highest BCUT2D eigenvalue weighted by atomic mass is 16.5. The molecule has 1 aliphatic rings. The van der Waals surface area contributed by atoms with Gasteiger partial charge < -0.3 is 15.0 Å². The number of hydrogen-bond acceptors (Lipinski definition) is 4. The van der Waals surface area contributed by atoms with Crippen LogP contribution in [0.1, 0.15) is 26.1 Å². The molecule has 2 heterocycles. The number of hydrogen-bond donors (Lipinski definition) is 2. The maximum absolute atomic E-state index is 12.0. The molecule has 1 fully saturated rings. The molecule has 2 N–H and O–H groups in total. The van der Waals surface area contributed by atoms with Gasteiger partial charge >= 0.3 is 0 Å². The van der Waals surface area contributed by atoms with E-state index >= 15 is 0 Å². The first-order valence-electron chi connectivity index (χ1n) is 6.93. The maximum Gasteiger partial charge on any atom is 0.258 e. The number of aromatic amines is 1. The molecule has 3 rings (SSSR count). The third-order valence-electron chi connectivity index (χ3n) is 4.21. The summed E-state index contributed by atoms with van der Waals surface area (Å²) in [7, 11) is 0. The Morgan fingerprint density at radius 3 is 3.05 bits per heavy atom. The van der Waals surface area contributed by atoms with Crippen LogP contribution in [0.25, 0.3) is 10.9 Å². The lowest BCUT2D eigenvalue weighted by Gasteiger charge is -2.28. The number of fused-ring (bicyclic) bond motifs is 1. The lowest BCUT2D eigenvalue weighted by Crippen LogP contribution is -2.47. The van der Waals surface area contributed by atoms with E-state index in [1.54, 1.807) is 6.07 Å². The SMILES string of the molecule is CC1OCCC1(C)NCc1nc2ccccc2c(=O)[nH]1. The Kier molecular flexibility index (Phi) is 3.31. The first-order valence-corrected chi connectivity index (χ1v) is 6.93. The Morgan fingerprint density at radius 2 is 2.30 bits per heavy atom. The van der Waals surface area contributed by atoms with Gasteiger partial charge in [-0.05, 0) is 32.4 Å². The lowest BCUT2D eigenvalue weighted by molar-refractivity contribution is 0.0879. The van der Waals surface area contributed by atoms with Crippen molar-refractivity contribution >= 4 is 10.9 Å². The molecule has 5 nitrogen and oxygen atoms in total.